The molecule has 5 rings (SSSR count). The summed E-state index contributed by atoms with van der Waals surface area (Å²) in [5, 5.41) is 15.4. The average Bonchev–Trinajstić information content (AvgIpc) is 3.57. The highest BCUT2D eigenvalue weighted by atomic mass is 19.1. The predicted octanol–water partition coefficient (Wildman–Crippen LogP) is 8.02. The Morgan fingerprint density at radius 3 is 2.38 bits per heavy atom. The van der Waals surface area contributed by atoms with Gasteiger partial charge in [0.25, 0.3) is 0 Å². The van der Waals surface area contributed by atoms with Crippen molar-refractivity contribution in [2.24, 2.45) is 17.8 Å². The summed E-state index contributed by atoms with van der Waals surface area (Å²) in [6.07, 6.45) is 4.48. The lowest BCUT2D eigenvalue weighted by atomic mass is 9.92. The molecule has 42 heavy (non-hydrogen) atoms. The summed E-state index contributed by atoms with van der Waals surface area (Å²) in [4.78, 5) is 27.4. The van der Waals surface area contributed by atoms with E-state index in [0.29, 0.717) is 47.8 Å². The third-order valence-electron chi connectivity index (χ3n) is 8.23. The topological polar surface area (TPSA) is 90.9 Å². The first-order chi connectivity index (χ1) is 20.1. The largest absolute Gasteiger partial charge is 0.494 e. The maximum absolute atomic E-state index is 16.0. The second-order valence-corrected chi connectivity index (χ2v) is 11.7. The summed E-state index contributed by atoms with van der Waals surface area (Å²) < 4.78 is 35.7. The predicted molar refractivity (Wildman–Crippen MR) is 160 cm³/mol. The Labute approximate surface area is 244 Å². The maximum Gasteiger partial charge on any atom is 0.336 e. The number of carbonyl (C=O) groups is 2. The van der Waals surface area contributed by atoms with E-state index in [0.717, 1.165) is 37.5 Å². The molecule has 0 spiro atoms. The standard InChI is InChI=1S/C33H37F2N3O4/c1-4-42-24-10-8-23(9-11-24)36-33(41)37-29-16-27(26-15-22(34)7-12-25(26)32(39)40)28(35)17-31(29)38(18-19(2)3)30-14-20-5-6-21(30)13-20/h7-12,15-17,19-21,30H,4-6,13-14,18H2,1-3H3,(H,39,40)(H2,36,37,41)/t20-,21+,30?/m0/s1. The first-order valence-corrected chi connectivity index (χ1v) is 14.6. The number of amides is 2. The number of hydrogen-bond acceptors (Lipinski definition) is 4. The lowest BCUT2D eigenvalue weighted by Crippen LogP contribution is -2.42. The number of carbonyl (C=O) groups excluding carboxylic acids is 1. The molecule has 0 saturated heterocycles. The van der Waals surface area contributed by atoms with E-state index in [4.69, 9.17) is 4.74 Å². The second kappa shape index (κ2) is 12.4. The summed E-state index contributed by atoms with van der Waals surface area (Å²) in [7, 11) is 0. The van der Waals surface area contributed by atoms with Crippen LogP contribution in [0.5, 0.6) is 5.75 Å². The number of rotatable bonds is 10. The molecule has 3 N–H and O–H groups in total. The van der Waals surface area contributed by atoms with Crippen molar-refractivity contribution in [2.75, 3.05) is 28.7 Å². The van der Waals surface area contributed by atoms with E-state index >= 15 is 4.39 Å². The molecule has 0 radical (unpaired) electrons. The van der Waals surface area contributed by atoms with Gasteiger partial charge in [0.1, 0.15) is 17.4 Å². The van der Waals surface area contributed by atoms with Gasteiger partial charge >= 0.3 is 12.0 Å². The maximum atomic E-state index is 16.0. The van der Waals surface area contributed by atoms with Crippen molar-refractivity contribution in [3.63, 3.8) is 0 Å². The summed E-state index contributed by atoms with van der Waals surface area (Å²) >= 11 is 0. The van der Waals surface area contributed by atoms with Crippen LogP contribution in [-0.2, 0) is 0 Å². The number of aromatic carboxylic acids is 1. The first-order valence-electron chi connectivity index (χ1n) is 14.6. The zero-order chi connectivity index (χ0) is 30.0. The number of halogens is 2. The first kappa shape index (κ1) is 29.4. The van der Waals surface area contributed by atoms with Gasteiger partial charge in [0.2, 0.25) is 0 Å². The summed E-state index contributed by atoms with van der Waals surface area (Å²) in [6.45, 7) is 7.26. The summed E-state index contributed by atoms with van der Waals surface area (Å²) in [5.41, 5.74) is 0.933. The Balaban J connectivity index is 1.56. The normalized spacial score (nSPS) is 19.1. The van der Waals surface area contributed by atoms with Gasteiger partial charge in [-0.15, -0.1) is 0 Å². The van der Waals surface area contributed by atoms with Crippen LogP contribution in [0, 0.1) is 29.4 Å². The van der Waals surface area contributed by atoms with Crippen LogP contribution in [0.2, 0.25) is 0 Å². The number of benzene rings is 3. The van der Waals surface area contributed by atoms with E-state index < -0.39 is 23.6 Å². The van der Waals surface area contributed by atoms with Crippen LogP contribution < -0.4 is 20.3 Å². The average molecular weight is 578 g/mol. The molecule has 9 heteroatoms. The van der Waals surface area contributed by atoms with Crippen molar-refractivity contribution in [3.8, 4) is 16.9 Å². The summed E-state index contributed by atoms with van der Waals surface area (Å²) in [6, 6.07) is 12.5. The van der Waals surface area contributed by atoms with E-state index in [1.807, 2.05) is 6.92 Å². The molecule has 3 aromatic rings. The number of hydrogen-bond donors (Lipinski definition) is 3. The minimum atomic E-state index is -1.31. The smallest absolute Gasteiger partial charge is 0.336 e. The fraction of sp³-hybridized carbons (Fsp3) is 0.394. The van der Waals surface area contributed by atoms with Gasteiger partial charge < -0.3 is 25.4 Å². The van der Waals surface area contributed by atoms with Crippen molar-refractivity contribution in [1.82, 2.24) is 0 Å². The third kappa shape index (κ3) is 6.35. The Morgan fingerprint density at radius 2 is 1.76 bits per heavy atom. The van der Waals surface area contributed by atoms with Crippen LogP contribution in [0.15, 0.2) is 54.6 Å². The highest BCUT2D eigenvalue weighted by Crippen LogP contribution is 2.49. The SMILES string of the molecule is CCOc1ccc(NC(=O)Nc2cc(-c3cc(F)ccc3C(=O)O)c(F)cc2N(CC(C)C)C2C[C@H]3CC[C@@H]2C3)cc1. The van der Waals surface area contributed by atoms with Crippen molar-refractivity contribution >= 4 is 29.1 Å². The Kier molecular flexibility index (Phi) is 8.66. The van der Waals surface area contributed by atoms with Gasteiger partial charge in [-0.25, -0.2) is 18.4 Å². The molecule has 2 fully saturated rings. The van der Waals surface area contributed by atoms with Crippen LogP contribution in [0.1, 0.15) is 56.8 Å². The van der Waals surface area contributed by atoms with Gasteiger partial charge in [-0.2, -0.15) is 0 Å². The third-order valence-corrected chi connectivity index (χ3v) is 8.23. The molecule has 3 atom stereocenters. The van der Waals surface area contributed by atoms with E-state index in [1.165, 1.54) is 18.6 Å². The number of nitrogens with zero attached hydrogens (tertiary/aromatic N) is 1. The monoisotopic (exact) mass is 577 g/mol. The van der Waals surface area contributed by atoms with Crippen molar-refractivity contribution in [1.29, 1.82) is 0 Å². The fourth-order valence-electron chi connectivity index (χ4n) is 6.52. The molecule has 0 aliphatic heterocycles. The molecule has 2 aliphatic carbocycles. The quantitative estimate of drug-likeness (QED) is 0.227. The number of ether oxygens (including phenoxy) is 1. The van der Waals surface area contributed by atoms with E-state index in [-0.39, 0.29) is 28.7 Å². The number of carboxylic acids is 1. The van der Waals surface area contributed by atoms with E-state index in [9.17, 15) is 19.1 Å². The lowest BCUT2D eigenvalue weighted by Gasteiger charge is -2.39. The number of carboxylic acid groups (broad SMARTS) is 1. The van der Waals surface area contributed by atoms with Gasteiger partial charge in [0, 0.05) is 29.4 Å². The van der Waals surface area contributed by atoms with Gasteiger partial charge in [-0.3, -0.25) is 0 Å². The summed E-state index contributed by atoms with van der Waals surface area (Å²) in [5.74, 6) is -0.614. The molecular weight excluding hydrogens is 540 g/mol. The fourth-order valence-corrected chi connectivity index (χ4v) is 6.52. The Hall–Kier alpha value is -4.14. The van der Waals surface area contributed by atoms with Gasteiger partial charge in [0.15, 0.2) is 0 Å². The molecule has 7 nitrogen and oxygen atoms in total. The zero-order valence-corrected chi connectivity index (χ0v) is 24.1. The van der Waals surface area contributed by atoms with Crippen LogP contribution in [0.4, 0.5) is 30.6 Å². The molecule has 2 saturated carbocycles. The minimum absolute atomic E-state index is 0.100. The second-order valence-electron chi connectivity index (χ2n) is 11.7. The van der Waals surface area contributed by atoms with Gasteiger partial charge in [0.05, 0.1) is 23.5 Å². The molecule has 2 aliphatic rings. The Morgan fingerprint density at radius 1 is 1.00 bits per heavy atom. The number of nitrogens with one attached hydrogen (secondary N) is 2. The molecule has 1 unspecified atom stereocenters. The molecule has 3 aromatic carbocycles. The number of urea groups is 1. The number of anilines is 3. The lowest BCUT2D eigenvalue weighted by molar-refractivity contribution is 0.0697. The molecule has 2 bridgehead atoms. The number of fused-ring (bicyclic) bond motifs is 2. The van der Waals surface area contributed by atoms with Crippen molar-refractivity contribution in [2.45, 2.75) is 52.5 Å². The van der Waals surface area contributed by atoms with Gasteiger partial charge in [-0.1, -0.05) is 20.3 Å². The molecule has 0 heterocycles. The zero-order valence-electron chi connectivity index (χ0n) is 24.1. The molecular formula is C33H37F2N3O4. The minimum Gasteiger partial charge on any atom is -0.494 e. The van der Waals surface area contributed by atoms with Crippen LogP contribution in [0.3, 0.4) is 0 Å². The van der Waals surface area contributed by atoms with Gasteiger partial charge in [-0.05, 0) is 98.5 Å². The molecule has 2 amide bonds. The van der Waals surface area contributed by atoms with Crippen LogP contribution in [-0.4, -0.2) is 36.3 Å². The van der Waals surface area contributed by atoms with Crippen molar-refractivity contribution in [3.05, 3.63) is 71.8 Å². The molecule has 222 valence electrons. The highest BCUT2D eigenvalue weighted by molar-refractivity contribution is 6.03. The van der Waals surface area contributed by atoms with E-state index in [2.05, 4.69) is 29.4 Å². The highest BCUT2D eigenvalue weighted by Gasteiger charge is 2.43. The van der Waals surface area contributed by atoms with Crippen molar-refractivity contribution < 1.29 is 28.2 Å². The van der Waals surface area contributed by atoms with Crippen LogP contribution in [0.25, 0.3) is 11.1 Å². The Bertz CT molecular complexity index is 1460. The molecule has 0 aromatic heterocycles. The van der Waals surface area contributed by atoms with Crippen LogP contribution >= 0.6 is 0 Å². The van der Waals surface area contributed by atoms with E-state index in [1.54, 1.807) is 24.3 Å².